The van der Waals surface area contributed by atoms with E-state index in [0.29, 0.717) is 37.3 Å². The number of halogens is 2. The first kappa shape index (κ1) is 21.1. The van der Waals surface area contributed by atoms with Crippen molar-refractivity contribution in [3.63, 3.8) is 0 Å². The number of thioether (sulfide) groups is 1. The molecule has 0 unspecified atom stereocenters. The molecule has 0 N–H and O–H groups in total. The van der Waals surface area contributed by atoms with Crippen LogP contribution in [0.15, 0.2) is 74.9 Å². The zero-order chi connectivity index (χ0) is 22.0. The Bertz CT molecular complexity index is 1430. The van der Waals surface area contributed by atoms with Crippen LogP contribution in [0.25, 0.3) is 22.2 Å². The maximum absolute atomic E-state index is 12.7. The summed E-state index contributed by atoms with van der Waals surface area (Å²) in [5.41, 5.74) is 1.32. The molecule has 8 heteroatoms. The van der Waals surface area contributed by atoms with Crippen LogP contribution in [0.2, 0.25) is 10.0 Å². The first-order valence-corrected chi connectivity index (χ1v) is 10.8. The number of nitriles is 1. The summed E-state index contributed by atoms with van der Waals surface area (Å²) < 4.78 is 5.23. The van der Waals surface area contributed by atoms with E-state index in [4.69, 9.17) is 27.6 Å². The average molecular weight is 467 g/mol. The molecule has 0 radical (unpaired) electrons. The Morgan fingerprint density at radius 1 is 1.06 bits per heavy atom. The predicted molar refractivity (Wildman–Crippen MR) is 122 cm³/mol. The zero-order valence-corrected chi connectivity index (χ0v) is 18.1. The van der Waals surface area contributed by atoms with Crippen molar-refractivity contribution in [1.29, 1.82) is 5.26 Å². The van der Waals surface area contributed by atoms with Crippen molar-refractivity contribution in [2.24, 2.45) is 0 Å². The highest BCUT2D eigenvalue weighted by Crippen LogP contribution is 2.30. The summed E-state index contributed by atoms with van der Waals surface area (Å²) in [6, 6.07) is 19.0. The second-order valence-corrected chi connectivity index (χ2v) is 8.27. The van der Waals surface area contributed by atoms with Crippen LogP contribution in [-0.2, 0) is 0 Å². The van der Waals surface area contributed by atoms with Crippen LogP contribution >= 0.6 is 35.0 Å². The molecule has 0 spiro atoms. The first-order valence-electron chi connectivity index (χ1n) is 9.02. The number of nitrogens with zero attached hydrogens (tertiary/aromatic N) is 2. The maximum Gasteiger partial charge on any atom is 0.347 e. The number of carbonyl (C=O) groups excluding carboxylic acids is 1. The number of benzene rings is 2. The minimum atomic E-state index is -0.692. The molecule has 4 aromatic rings. The Kier molecular flexibility index (Phi) is 6.10. The minimum Gasteiger partial charge on any atom is -0.422 e. The molecule has 0 aliphatic carbocycles. The van der Waals surface area contributed by atoms with E-state index in [2.05, 4.69) is 11.1 Å². The number of hydrogen-bond donors (Lipinski definition) is 0. The molecule has 2 heterocycles. The van der Waals surface area contributed by atoms with Crippen LogP contribution in [0.3, 0.4) is 0 Å². The molecule has 0 saturated carbocycles. The van der Waals surface area contributed by atoms with Crippen molar-refractivity contribution >= 4 is 51.7 Å². The molecule has 0 saturated heterocycles. The summed E-state index contributed by atoms with van der Waals surface area (Å²) in [4.78, 5) is 29.4. The number of Topliss-reactive ketones (excluding diaryl/α,β-unsaturated/α-hetero) is 1. The number of carbonyl (C=O) groups is 1. The highest BCUT2D eigenvalue weighted by atomic mass is 35.5. The average Bonchev–Trinajstić information content (AvgIpc) is 2.78. The normalized spacial score (nSPS) is 10.7. The summed E-state index contributed by atoms with van der Waals surface area (Å²) in [5.74, 6) is -0.481. The zero-order valence-electron chi connectivity index (χ0n) is 15.8. The molecule has 0 aliphatic heterocycles. The third kappa shape index (κ3) is 4.49. The smallest absolute Gasteiger partial charge is 0.347 e. The van der Waals surface area contributed by atoms with Crippen molar-refractivity contribution in [3.05, 3.63) is 92.3 Å². The Morgan fingerprint density at radius 2 is 1.87 bits per heavy atom. The molecule has 2 aromatic carbocycles. The van der Waals surface area contributed by atoms with E-state index in [-0.39, 0.29) is 11.3 Å². The van der Waals surface area contributed by atoms with Crippen molar-refractivity contribution in [2.75, 3.05) is 5.75 Å². The first-order chi connectivity index (χ1) is 15.0. The third-order valence-corrected chi connectivity index (χ3v) is 6.21. The van der Waals surface area contributed by atoms with Gasteiger partial charge in [-0.1, -0.05) is 59.2 Å². The van der Waals surface area contributed by atoms with E-state index in [9.17, 15) is 14.9 Å². The fourth-order valence-corrected chi connectivity index (χ4v) is 4.07. The van der Waals surface area contributed by atoms with Crippen LogP contribution in [0, 0.1) is 11.3 Å². The molecule has 152 valence electrons. The van der Waals surface area contributed by atoms with E-state index in [1.165, 1.54) is 6.07 Å². The topological polar surface area (TPSA) is 84.0 Å². The highest BCUT2D eigenvalue weighted by Gasteiger charge is 2.16. The van der Waals surface area contributed by atoms with Gasteiger partial charge in [-0.3, -0.25) is 4.79 Å². The number of pyridine rings is 1. The lowest BCUT2D eigenvalue weighted by atomic mass is 10.1. The van der Waals surface area contributed by atoms with Gasteiger partial charge >= 0.3 is 5.63 Å². The predicted octanol–water partition coefficient (Wildman–Crippen LogP) is 6.01. The standard InChI is InChI=1S/C23H12Cl2N2O3S/c24-17-7-5-13(10-18(17)25)19-8-6-15(11-26)22(27-19)31-12-20(28)16-9-14-3-1-2-4-21(14)30-23(16)29/h1-10H,12H2. The van der Waals surface area contributed by atoms with Gasteiger partial charge in [0.2, 0.25) is 0 Å². The van der Waals surface area contributed by atoms with Gasteiger partial charge in [0.25, 0.3) is 0 Å². The lowest BCUT2D eigenvalue weighted by Crippen LogP contribution is -2.15. The van der Waals surface area contributed by atoms with Gasteiger partial charge in [-0.25, -0.2) is 9.78 Å². The van der Waals surface area contributed by atoms with Crippen LogP contribution in [0.1, 0.15) is 15.9 Å². The number of aromatic nitrogens is 1. The molecule has 0 bridgehead atoms. The SMILES string of the molecule is N#Cc1ccc(-c2ccc(Cl)c(Cl)c2)nc1SCC(=O)c1cc2ccccc2oc1=O. The Morgan fingerprint density at radius 3 is 2.65 bits per heavy atom. The van der Waals surface area contributed by atoms with Crippen LogP contribution in [-0.4, -0.2) is 16.5 Å². The van der Waals surface area contributed by atoms with E-state index >= 15 is 0 Å². The molecule has 5 nitrogen and oxygen atoms in total. The maximum atomic E-state index is 12.7. The van der Waals surface area contributed by atoms with Crippen molar-refractivity contribution in [3.8, 4) is 17.3 Å². The Balaban J connectivity index is 1.61. The van der Waals surface area contributed by atoms with Crippen molar-refractivity contribution in [1.82, 2.24) is 4.98 Å². The van der Waals surface area contributed by atoms with Gasteiger partial charge in [0.1, 0.15) is 22.2 Å². The summed E-state index contributed by atoms with van der Waals surface area (Å²) in [6.45, 7) is 0. The molecule has 2 aromatic heterocycles. The molecule has 0 atom stereocenters. The van der Waals surface area contributed by atoms with E-state index < -0.39 is 11.4 Å². The fraction of sp³-hybridized carbons (Fsp3) is 0.0435. The molecule has 4 rings (SSSR count). The number of para-hydroxylation sites is 1. The summed E-state index contributed by atoms with van der Waals surface area (Å²) >= 11 is 13.1. The third-order valence-electron chi connectivity index (χ3n) is 4.48. The van der Waals surface area contributed by atoms with Gasteiger partial charge in [-0.2, -0.15) is 5.26 Å². The summed E-state index contributed by atoms with van der Waals surface area (Å²) in [6.07, 6.45) is 0. The van der Waals surface area contributed by atoms with Gasteiger partial charge in [-0.05, 0) is 36.4 Å². The summed E-state index contributed by atoms with van der Waals surface area (Å²) in [7, 11) is 0. The van der Waals surface area contributed by atoms with Gasteiger partial charge in [0.15, 0.2) is 5.78 Å². The highest BCUT2D eigenvalue weighted by molar-refractivity contribution is 8.00. The van der Waals surface area contributed by atoms with E-state index in [0.717, 1.165) is 17.3 Å². The van der Waals surface area contributed by atoms with Crippen LogP contribution in [0.4, 0.5) is 0 Å². The summed E-state index contributed by atoms with van der Waals surface area (Å²) in [5, 5.41) is 11.3. The van der Waals surface area contributed by atoms with E-state index in [1.54, 1.807) is 54.6 Å². The second-order valence-electron chi connectivity index (χ2n) is 6.49. The Hall–Kier alpha value is -3.11. The molecular formula is C23H12Cl2N2O3S. The number of fused-ring (bicyclic) bond motifs is 1. The van der Waals surface area contributed by atoms with Crippen LogP contribution < -0.4 is 5.63 Å². The second kappa shape index (κ2) is 8.94. The van der Waals surface area contributed by atoms with Gasteiger partial charge in [-0.15, -0.1) is 0 Å². The fourth-order valence-electron chi connectivity index (χ4n) is 2.92. The number of hydrogen-bond acceptors (Lipinski definition) is 6. The number of rotatable bonds is 5. The Labute approximate surface area is 191 Å². The molecule has 0 fully saturated rings. The monoisotopic (exact) mass is 466 g/mol. The van der Waals surface area contributed by atoms with Crippen LogP contribution in [0.5, 0.6) is 0 Å². The van der Waals surface area contributed by atoms with E-state index in [1.807, 2.05) is 0 Å². The van der Waals surface area contributed by atoms with Crippen molar-refractivity contribution in [2.45, 2.75) is 5.03 Å². The molecule has 0 amide bonds. The number of ketones is 1. The van der Waals surface area contributed by atoms with Gasteiger partial charge < -0.3 is 4.42 Å². The lowest BCUT2D eigenvalue weighted by molar-refractivity contribution is 0.101. The molecular weight excluding hydrogens is 455 g/mol. The van der Waals surface area contributed by atoms with Gasteiger partial charge in [0, 0.05) is 10.9 Å². The quantitative estimate of drug-likeness (QED) is 0.203. The lowest BCUT2D eigenvalue weighted by Gasteiger charge is -2.07. The van der Waals surface area contributed by atoms with Crippen molar-refractivity contribution < 1.29 is 9.21 Å². The van der Waals surface area contributed by atoms with Gasteiger partial charge in [0.05, 0.1) is 27.1 Å². The largest absolute Gasteiger partial charge is 0.422 e. The minimum absolute atomic E-state index is 0.0367. The molecule has 31 heavy (non-hydrogen) atoms. The molecule has 0 aliphatic rings.